The minimum Gasteiger partial charge on any atom is -0.480 e. The molecule has 1 atom stereocenters. The Labute approximate surface area is 168 Å². The Morgan fingerprint density at radius 1 is 0.964 bits per heavy atom. The molecule has 2 amide bonds. The fraction of sp³-hybridized carbons (Fsp3) is 0.286. The number of rotatable bonds is 10. The number of carboxylic acids is 1. The molecule has 7 heteroatoms. The molecule has 3 N–H and O–H groups in total. The molecule has 0 aliphatic heterocycles. The zero-order chi connectivity index (χ0) is 20.4. The first-order chi connectivity index (χ1) is 13.5. The van der Waals surface area contributed by atoms with Crippen LogP contribution in [-0.4, -0.2) is 41.2 Å². The monoisotopic (exact) mass is 400 g/mol. The number of nitrogens with one attached hydrogen (secondary N) is 2. The van der Waals surface area contributed by atoms with Gasteiger partial charge in [-0.1, -0.05) is 67.6 Å². The third kappa shape index (κ3) is 6.74. The highest BCUT2D eigenvalue weighted by atomic mass is 32.2. The maximum atomic E-state index is 12.4. The summed E-state index contributed by atoms with van der Waals surface area (Å²) < 4.78 is 0. The number of aliphatic carboxylic acids is 1. The summed E-state index contributed by atoms with van der Waals surface area (Å²) in [5, 5.41) is 13.8. The number of hydrogen-bond acceptors (Lipinski definition) is 4. The van der Waals surface area contributed by atoms with Gasteiger partial charge in [0.2, 0.25) is 11.8 Å². The van der Waals surface area contributed by atoms with Gasteiger partial charge in [-0.3, -0.25) is 14.4 Å². The average Bonchev–Trinajstić information content (AvgIpc) is 2.72. The molecule has 2 aromatic carbocycles. The van der Waals surface area contributed by atoms with E-state index in [0.29, 0.717) is 5.75 Å². The lowest BCUT2D eigenvalue weighted by Crippen LogP contribution is -2.49. The smallest absolute Gasteiger partial charge is 0.322 e. The topological polar surface area (TPSA) is 95.5 Å². The zero-order valence-electron chi connectivity index (χ0n) is 15.6. The van der Waals surface area contributed by atoms with Crippen molar-refractivity contribution in [3.63, 3.8) is 0 Å². The van der Waals surface area contributed by atoms with Gasteiger partial charge in [0, 0.05) is 12.2 Å². The molecule has 148 valence electrons. The van der Waals surface area contributed by atoms with Gasteiger partial charge in [0.1, 0.15) is 12.6 Å². The summed E-state index contributed by atoms with van der Waals surface area (Å²) in [6.07, 6.45) is 0.244. The molecule has 0 aliphatic rings. The fourth-order valence-electron chi connectivity index (χ4n) is 2.60. The summed E-state index contributed by atoms with van der Waals surface area (Å²) >= 11 is 1.53. The largest absolute Gasteiger partial charge is 0.480 e. The van der Waals surface area contributed by atoms with Crippen LogP contribution in [0.5, 0.6) is 0 Å². The Kier molecular flexibility index (Phi) is 8.55. The van der Waals surface area contributed by atoms with E-state index in [4.69, 9.17) is 5.11 Å². The van der Waals surface area contributed by atoms with E-state index in [2.05, 4.69) is 10.6 Å². The fourth-order valence-corrected chi connectivity index (χ4v) is 3.92. The van der Waals surface area contributed by atoms with E-state index in [1.807, 2.05) is 60.7 Å². The van der Waals surface area contributed by atoms with E-state index < -0.39 is 24.5 Å². The highest BCUT2D eigenvalue weighted by molar-refractivity contribution is 7.99. The van der Waals surface area contributed by atoms with Crippen molar-refractivity contribution in [1.29, 1.82) is 0 Å². The van der Waals surface area contributed by atoms with Crippen LogP contribution in [0.3, 0.4) is 0 Å². The summed E-state index contributed by atoms with van der Waals surface area (Å²) in [5.41, 5.74) is 2.18. The summed E-state index contributed by atoms with van der Waals surface area (Å²) in [4.78, 5) is 34.9. The maximum absolute atomic E-state index is 12.4. The van der Waals surface area contributed by atoms with Gasteiger partial charge in [-0.15, -0.1) is 11.8 Å². The van der Waals surface area contributed by atoms with E-state index in [1.165, 1.54) is 11.8 Å². The maximum Gasteiger partial charge on any atom is 0.322 e. The molecule has 0 fully saturated rings. The second-order valence-corrected chi connectivity index (χ2v) is 7.26. The van der Waals surface area contributed by atoms with Crippen molar-refractivity contribution in [3.8, 4) is 0 Å². The SMILES string of the molecule is CCC(=O)N[C@@H](CSC(c1ccccc1)c1ccccc1)C(=O)NCC(=O)O. The lowest BCUT2D eigenvalue weighted by molar-refractivity contribution is -0.138. The summed E-state index contributed by atoms with van der Waals surface area (Å²) in [6.45, 7) is 1.22. The number of amides is 2. The highest BCUT2D eigenvalue weighted by Gasteiger charge is 2.24. The molecule has 6 nitrogen and oxygen atoms in total. The van der Waals surface area contributed by atoms with E-state index in [1.54, 1.807) is 6.92 Å². The predicted molar refractivity (Wildman–Crippen MR) is 110 cm³/mol. The minimum atomic E-state index is -1.13. The Balaban J connectivity index is 2.16. The summed E-state index contributed by atoms with van der Waals surface area (Å²) in [6, 6.07) is 19.0. The van der Waals surface area contributed by atoms with Gasteiger partial charge in [0.15, 0.2) is 0 Å². The summed E-state index contributed by atoms with van der Waals surface area (Å²) in [7, 11) is 0. The molecule has 0 spiro atoms. The second kappa shape index (κ2) is 11.1. The molecular weight excluding hydrogens is 376 g/mol. The molecule has 0 bridgehead atoms. The van der Waals surface area contributed by atoms with Gasteiger partial charge < -0.3 is 15.7 Å². The Morgan fingerprint density at radius 2 is 1.50 bits per heavy atom. The van der Waals surface area contributed by atoms with Crippen molar-refractivity contribution in [1.82, 2.24) is 10.6 Å². The number of carbonyl (C=O) groups is 3. The first-order valence-electron chi connectivity index (χ1n) is 9.01. The van der Waals surface area contributed by atoms with Crippen LogP contribution in [-0.2, 0) is 14.4 Å². The van der Waals surface area contributed by atoms with Crippen molar-refractivity contribution in [2.75, 3.05) is 12.3 Å². The van der Waals surface area contributed by atoms with Crippen LogP contribution in [0.25, 0.3) is 0 Å². The van der Waals surface area contributed by atoms with Gasteiger partial charge >= 0.3 is 5.97 Å². The third-order valence-electron chi connectivity index (χ3n) is 4.02. The van der Waals surface area contributed by atoms with Crippen molar-refractivity contribution in [2.24, 2.45) is 0 Å². The number of thioether (sulfide) groups is 1. The zero-order valence-corrected chi connectivity index (χ0v) is 16.4. The van der Waals surface area contributed by atoms with E-state index in [-0.39, 0.29) is 17.6 Å². The lowest BCUT2D eigenvalue weighted by atomic mass is 10.0. The molecule has 0 aromatic heterocycles. The van der Waals surface area contributed by atoms with Crippen LogP contribution in [0.4, 0.5) is 0 Å². The molecule has 2 rings (SSSR count). The van der Waals surface area contributed by atoms with Crippen LogP contribution >= 0.6 is 11.8 Å². The highest BCUT2D eigenvalue weighted by Crippen LogP contribution is 2.35. The van der Waals surface area contributed by atoms with Crippen LogP contribution < -0.4 is 10.6 Å². The third-order valence-corrected chi connectivity index (χ3v) is 5.42. The first-order valence-corrected chi connectivity index (χ1v) is 10.1. The van der Waals surface area contributed by atoms with Crippen molar-refractivity contribution >= 4 is 29.5 Å². The van der Waals surface area contributed by atoms with Crippen LogP contribution in [0.15, 0.2) is 60.7 Å². The standard InChI is InChI=1S/C21H24N2O4S/c1-2-18(24)23-17(21(27)22-13-19(25)26)14-28-20(15-9-5-3-6-10-15)16-11-7-4-8-12-16/h3-12,17,20H,2,13-14H2,1H3,(H,22,27)(H,23,24)(H,25,26)/t17-/m0/s1. The number of carbonyl (C=O) groups excluding carboxylic acids is 2. The van der Waals surface area contributed by atoms with Crippen LogP contribution in [0.1, 0.15) is 29.7 Å². The normalized spacial score (nSPS) is 11.6. The second-order valence-electron chi connectivity index (χ2n) is 6.12. The van der Waals surface area contributed by atoms with Gasteiger partial charge in [-0.05, 0) is 11.1 Å². The summed E-state index contributed by atoms with van der Waals surface area (Å²) in [5.74, 6) is -1.58. The molecule has 2 aromatic rings. The molecule has 0 aliphatic carbocycles. The van der Waals surface area contributed by atoms with Gasteiger partial charge in [0.25, 0.3) is 0 Å². The lowest BCUT2D eigenvalue weighted by Gasteiger charge is -2.22. The van der Waals surface area contributed by atoms with Crippen molar-refractivity contribution in [3.05, 3.63) is 71.8 Å². The Hall–Kier alpha value is -2.80. The van der Waals surface area contributed by atoms with E-state index in [0.717, 1.165) is 11.1 Å². The average molecular weight is 401 g/mol. The molecule has 0 saturated heterocycles. The number of carboxylic acid groups (broad SMARTS) is 1. The number of benzene rings is 2. The molecule has 0 unspecified atom stereocenters. The number of hydrogen-bond donors (Lipinski definition) is 3. The molecule has 0 heterocycles. The molecular formula is C21H24N2O4S. The molecule has 28 heavy (non-hydrogen) atoms. The van der Waals surface area contributed by atoms with Crippen LogP contribution in [0.2, 0.25) is 0 Å². The predicted octanol–water partition coefficient (Wildman–Crippen LogP) is 2.60. The van der Waals surface area contributed by atoms with Gasteiger partial charge in [-0.25, -0.2) is 0 Å². The van der Waals surface area contributed by atoms with Crippen molar-refractivity contribution < 1.29 is 19.5 Å². The van der Waals surface area contributed by atoms with E-state index in [9.17, 15) is 14.4 Å². The Morgan fingerprint density at radius 3 is 1.96 bits per heavy atom. The first kappa shape index (κ1) is 21.5. The quantitative estimate of drug-likeness (QED) is 0.570. The van der Waals surface area contributed by atoms with Gasteiger partial charge in [0.05, 0.1) is 5.25 Å². The van der Waals surface area contributed by atoms with Crippen molar-refractivity contribution in [2.45, 2.75) is 24.6 Å². The molecule has 0 radical (unpaired) electrons. The van der Waals surface area contributed by atoms with E-state index >= 15 is 0 Å². The Bertz CT molecular complexity index is 744. The van der Waals surface area contributed by atoms with Gasteiger partial charge in [-0.2, -0.15) is 0 Å². The molecule has 0 saturated carbocycles. The minimum absolute atomic E-state index is 0.0179. The van der Waals surface area contributed by atoms with Crippen LogP contribution in [0, 0.1) is 0 Å².